The van der Waals surface area contributed by atoms with Crippen LogP contribution in [0.3, 0.4) is 0 Å². The highest BCUT2D eigenvalue weighted by Crippen LogP contribution is 2.17. The first-order chi connectivity index (χ1) is 9.16. The van der Waals surface area contributed by atoms with E-state index in [4.69, 9.17) is 10.5 Å². The molecular formula is C14H21N3O2. The van der Waals surface area contributed by atoms with Crippen LogP contribution in [0.4, 0.5) is 5.69 Å². The molecule has 1 aromatic rings. The van der Waals surface area contributed by atoms with Gasteiger partial charge in [-0.25, -0.2) is 9.78 Å². The van der Waals surface area contributed by atoms with Crippen LogP contribution in [0, 0.1) is 0 Å². The lowest BCUT2D eigenvalue weighted by atomic mass is 10.0. The van der Waals surface area contributed by atoms with Gasteiger partial charge < -0.3 is 15.4 Å². The van der Waals surface area contributed by atoms with E-state index in [0.717, 1.165) is 13.0 Å². The van der Waals surface area contributed by atoms with Crippen LogP contribution in [-0.4, -0.2) is 42.1 Å². The summed E-state index contributed by atoms with van der Waals surface area (Å²) in [7, 11) is 2.13. The van der Waals surface area contributed by atoms with E-state index >= 15 is 0 Å². The molecule has 1 atom stereocenters. The molecule has 0 aromatic carbocycles. The summed E-state index contributed by atoms with van der Waals surface area (Å²) in [6, 6.07) is 3.77. The number of hydrogen-bond donors (Lipinski definition) is 1. The Bertz CT molecular complexity index is 419. The fourth-order valence-electron chi connectivity index (χ4n) is 2.40. The van der Waals surface area contributed by atoms with Crippen molar-refractivity contribution in [3.8, 4) is 0 Å². The van der Waals surface area contributed by atoms with Crippen molar-refractivity contribution in [1.29, 1.82) is 0 Å². The zero-order valence-corrected chi connectivity index (χ0v) is 11.3. The smallest absolute Gasteiger partial charge is 0.356 e. The SMILES string of the molecule is CN1CCCCC1CCOC(=O)c1ccc(N)cn1. The summed E-state index contributed by atoms with van der Waals surface area (Å²) in [5, 5.41) is 0. The predicted octanol–water partition coefficient (Wildman–Crippen LogP) is 1.70. The van der Waals surface area contributed by atoms with Crippen LogP contribution in [0.5, 0.6) is 0 Å². The first kappa shape index (κ1) is 13.8. The number of rotatable bonds is 4. The van der Waals surface area contributed by atoms with E-state index in [9.17, 15) is 4.79 Å². The number of esters is 1. The van der Waals surface area contributed by atoms with Gasteiger partial charge >= 0.3 is 5.97 Å². The van der Waals surface area contributed by atoms with Crippen LogP contribution in [-0.2, 0) is 4.74 Å². The minimum Gasteiger partial charge on any atom is -0.461 e. The van der Waals surface area contributed by atoms with Gasteiger partial charge in [0.15, 0.2) is 0 Å². The second-order valence-corrected chi connectivity index (χ2v) is 5.03. The molecule has 2 rings (SSSR count). The van der Waals surface area contributed by atoms with Gasteiger partial charge in [0, 0.05) is 6.04 Å². The summed E-state index contributed by atoms with van der Waals surface area (Å²) >= 11 is 0. The largest absolute Gasteiger partial charge is 0.461 e. The first-order valence-corrected chi connectivity index (χ1v) is 6.75. The molecule has 2 N–H and O–H groups in total. The standard InChI is InChI=1S/C14H21N3O2/c1-17-8-3-2-4-12(17)7-9-19-14(18)13-6-5-11(15)10-16-13/h5-6,10,12H,2-4,7-9,15H2,1H3. The maximum Gasteiger partial charge on any atom is 0.356 e. The number of carbonyl (C=O) groups excluding carboxylic acids is 1. The van der Waals surface area contributed by atoms with E-state index in [1.807, 2.05) is 0 Å². The van der Waals surface area contributed by atoms with Crippen LogP contribution in [0.2, 0.25) is 0 Å². The normalized spacial score (nSPS) is 20.2. The molecule has 0 amide bonds. The highest BCUT2D eigenvalue weighted by Gasteiger charge is 2.19. The Balaban J connectivity index is 1.76. The Kier molecular flexibility index (Phi) is 4.74. The Morgan fingerprint density at radius 3 is 3.05 bits per heavy atom. The fourth-order valence-corrected chi connectivity index (χ4v) is 2.40. The third kappa shape index (κ3) is 3.92. The van der Waals surface area contributed by atoms with E-state index in [-0.39, 0.29) is 5.97 Å². The molecule has 1 fully saturated rings. The van der Waals surface area contributed by atoms with Gasteiger partial charge in [0.05, 0.1) is 18.5 Å². The lowest BCUT2D eigenvalue weighted by molar-refractivity contribution is 0.0443. The Labute approximate surface area is 113 Å². The topological polar surface area (TPSA) is 68.5 Å². The minimum atomic E-state index is -0.376. The van der Waals surface area contributed by atoms with E-state index in [1.165, 1.54) is 25.5 Å². The lowest BCUT2D eigenvalue weighted by Crippen LogP contribution is -2.37. The highest BCUT2D eigenvalue weighted by molar-refractivity contribution is 5.87. The molecule has 5 heteroatoms. The van der Waals surface area contributed by atoms with Gasteiger partial charge in [-0.3, -0.25) is 0 Å². The molecule has 0 radical (unpaired) electrons. The van der Waals surface area contributed by atoms with Crippen LogP contribution < -0.4 is 5.73 Å². The lowest BCUT2D eigenvalue weighted by Gasteiger charge is -2.32. The molecule has 1 aliphatic heterocycles. The Morgan fingerprint density at radius 2 is 2.37 bits per heavy atom. The molecule has 19 heavy (non-hydrogen) atoms. The summed E-state index contributed by atoms with van der Waals surface area (Å²) in [4.78, 5) is 18.0. The number of likely N-dealkylation sites (tertiary alicyclic amines) is 1. The zero-order valence-electron chi connectivity index (χ0n) is 11.3. The second-order valence-electron chi connectivity index (χ2n) is 5.03. The Hall–Kier alpha value is -1.62. The molecule has 5 nitrogen and oxygen atoms in total. The van der Waals surface area contributed by atoms with Crippen molar-refractivity contribution >= 4 is 11.7 Å². The van der Waals surface area contributed by atoms with Crippen LogP contribution in [0.15, 0.2) is 18.3 Å². The number of pyridine rings is 1. The highest BCUT2D eigenvalue weighted by atomic mass is 16.5. The molecule has 0 spiro atoms. The monoisotopic (exact) mass is 263 g/mol. The predicted molar refractivity (Wildman–Crippen MR) is 73.8 cm³/mol. The van der Waals surface area contributed by atoms with Crippen molar-refractivity contribution in [2.75, 3.05) is 25.9 Å². The third-order valence-electron chi connectivity index (χ3n) is 3.60. The van der Waals surface area contributed by atoms with E-state index in [1.54, 1.807) is 12.1 Å². The Morgan fingerprint density at radius 1 is 1.53 bits per heavy atom. The molecule has 1 aromatic heterocycles. The first-order valence-electron chi connectivity index (χ1n) is 6.75. The molecule has 104 valence electrons. The van der Waals surface area contributed by atoms with Crippen molar-refractivity contribution in [3.63, 3.8) is 0 Å². The summed E-state index contributed by atoms with van der Waals surface area (Å²) in [5.41, 5.74) is 6.37. The van der Waals surface area contributed by atoms with Gasteiger partial charge in [0.1, 0.15) is 5.69 Å². The van der Waals surface area contributed by atoms with E-state index in [2.05, 4.69) is 16.9 Å². The molecule has 1 aliphatic rings. The summed E-state index contributed by atoms with van der Waals surface area (Å²) in [6.07, 6.45) is 6.07. The molecule has 0 saturated carbocycles. The zero-order chi connectivity index (χ0) is 13.7. The van der Waals surface area contributed by atoms with Gasteiger partial charge in [-0.15, -0.1) is 0 Å². The maximum atomic E-state index is 11.7. The van der Waals surface area contributed by atoms with Crippen LogP contribution >= 0.6 is 0 Å². The summed E-state index contributed by atoms with van der Waals surface area (Å²) < 4.78 is 5.25. The number of aromatic nitrogens is 1. The number of nitrogen functional groups attached to an aromatic ring is 1. The number of ether oxygens (including phenoxy) is 1. The summed E-state index contributed by atoms with van der Waals surface area (Å²) in [6.45, 7) is 1.58. The molecule has 0 aliphatic carbocycles. The fraction of sp³-hybridized carbons (Fsp3) is 0.571. The van der Waals surface area contributed by atoms with Crippen LogP contribution in [0.25, 0.3) is 0 Å². The quantitative estimate of drug-likeness (QED) is 0.837. The van der Waals surface area contributed by atoms with Gasteiger partial charge in [-0.05, 0) is 45.0 Å². The van der Waals surface area contributed by atoms with Crippen molar-refractivity contribution in [1.82, 2.24) is 9.88 Å². The molecule has 0 bridgehead atoms. The molecule has 2 heterocycles. The molecule has 1 unspecified atom stereocenters. The third-order valence-corrected chi connectivity index (χ3v) is 3.60. The van der Waals surface area contributed by atoms with Gasteiger partial charge in [-0.1, -0.05) is 6.42 Å². The number of anilines is 1. The summed E-state index contributed by atoms with van der Waals surface area (Å²) in [5.74, 6) is -0.376. The maximum absolute atomic E-state index is 11.7. The van der Waals surface area contributed by atoms with Crippen LogP contribution in [0.1, 0.15) is 36.2 Å². The van der Waals surface area contributed by atoms with Crippen molar-refractivity contribution in [3.05, 3.63) is 24.0 Å². The average Bonchev–Trinajstić information content (AvgIpc) is 2.41. The van der Waals surface area contributed by atoms with E-state index < -0.39 is 0 Å². The van der Waals surface area contributed by atoms with E-state index in [0.29, 0.717) is 24.0 Å². The number of nitrogens with two attached hydrogens (primary N) is 1. The molecule has 1 saturated heterocycles. The number of piperidine rings is 1. The van der Waals surface area contributed by atoms with Crippen molar-refractivity contribution < 1.29 is 9.53 Å². The number of nitrogens with zero attached hydrogens (tertiary/aromatic N) is 2. The van der Waals surface area contributed by atoms with Crippen molar-refractivity contribution in [2.45, 2.75) is 31.7 Å². The second kappa shape index (κ2) is 6.52. The number of carbonyl (C=O) groups is 1. The number of hydrogen-bond acceptors (Lipinski definition) is 5. The average molecular weight is 263 g/mol. The minimum absolute atomic E-state index is 0.311. The van der Waals surface area contributed by atoms with Crippen molar-refractivity contribution in [2.24, 2.45) is 0 Å². The van der Waals surface area contributed by atoms with Gasteiger partial charge in [0.2, 0.25) is 0 Å². The molecular weight excluding hydrogens is 242 g/mol. The van der Waals surface area contributed by atoms with Gasteiger partial charge in [-0.2, -0.15) is 0 Å². The van der Waals surface area contributed by atoms with Gasteiger partial charge in [0.25, 0.3) is 0 Å².